The number of aromatic nitrogens is 1. The Morgan fingerprint density at radius 2 is 2.13 bits per heavy atom. The predicted molar refractivity (Wildman–Crippen MR) is 83.3 cm³/mol. The van der Waals surface area contributed by atoms with Crippen LogP contribution in [-0.4, -0.2) is 35.9 Å². The summed E-state index contributed by atoms with van der Waals surface area (Å²) in [7, 11) is 3.18. The zero-order chi connectivity index (χ0) is 16.4. The Bertz CT molecular complexity index is 797. The molecule has 1 aliphatic rings. The van der Waals surface area contributed by atoms with Crippen LogP contribution in [0, 0.1) is 0 Å². The number of hydrogen-bond donors (Lipinski definition) is 0. The molecule has 2 heterocycles. The number of Topliss-reactive ketones (excluding diaryl/α,β-unsaturated/α-hetero) is 1. The van der Waals surface area contributed by atoms with Crippen LogP contribution in [0.25, 0.3) is 6.08 Å². The molecule has 2 aromatic rings. The maximum Gasteiger partial charge on any atom is 0.414 e. The number of fused-ring (bicyclic) bond motifs is 1. The van der Waals surface area contributed by atoms with Gasteiger partial charge in [0.15, 0.2) is 5.76 Å². The quantitative estimate of drug-likeness (QED) is 0.798. The minimum Gasteiger partial charge on any atom is -0.452 e. The van der Waals surface area contributed by atoms with Crippen molar-refractivity contribution in [1.82, 2.24) is 9.88 Å². The Morgan fingerprint density at radius 3 is 2.83 bits per heavy atom. The smallest absolute Gasteiger partial charge is 0.414 e. The van der Waals surface area contributed by atoms with Crippen LogP contribution in [0.5, 0.6) is 11.5 Å². The molecular weight excluding hydrogens is 296 g/mol. The monoisotopic (exact) mass is 310 g/mol. The lowest BCUT2D eigenvalue weighted by Crippen LogP contribution is -2.25. The molecule has 0 bridgehead atoms. The fraction of sp³-hybridized carbons (Fsp3) is 0.118. The number of amides is 1. The first-order chi connectivity index (χ1) is 11.0. The van der Waals surface area contributed by atoms with Gasteiger partial charge in [-0.2, -0.15) is 0 Å². The Labute approximate surface area is 133 Å². The summed E-state index contributed by atoms with van der Waals surface area (Å²) in [6.45, 7) is 0. The number of pyridine rings is 1. The average molecular weight is 310 g/mol. The summed E-state index contributed by atoms with van der Waals surface area (Å²) in [5, 5.41) is 0. The van der Waals surface area contributed by atoms with E-state index >= 15 is 0 Å². The molecular formula is C17H14N2O4. The zero-order valence-electron chi connectivity index (χ0n) is 12.6. The van der Waals surface area contributed by atoms with Gasteiger partial charge in [-0.25, -0.2) is 4.79 Å². The van der Waals surface area contributed by atoms with Crippen LogP contribution in [0.3, 0.4) is 0 Å². The minimum atomic E-state index is -0.500. The van der Waals surface area contributed by atoms with Gasteiger partial charge in [0.1, 0.15) is 11.5 Å². The van der Waals surface area contributed by atoms with Crippen LogP contribution in [0.2, 0.25) is 0 Å². The Kier molecular flexibility index (Phi) is 3.80. The van der Waals surface area contributed by atoms with Crippen LogP contribution < -0.4 is 9.47 Å². The molecule has 0 fully saturated rings. The average Bonchev–Trinajstić information content (AvgIpc) is 2.84. The highest BCUT2D eigenvalue weighted by molar-refractivity contribution is 6.14. The van der Waals surface area contributed by atoms with Gasteiger partial charge >= 0.3 is 6.09 Å². The molecule has 6 nitrogen and oxygen atoms in total. The van der Waals surface area contributed by atoms with Crippen molar-refractivity contribution in [3.63, 3.8) is 0 Å². The highest BCUT2D eigenvalue weighted by Gasteiger charge is 2.28. The Morgan fingerprint density at radius 1 is 1.30 bits per heavy atom. The number of nitrogens with zero attached hydrogens (tertiary/aromatic N) is 2. The lowest BCUT2D eigenvalue weighted by Gasteiger charge is -2.10. The molecule has 0 saturated carbocycles. The van der Waals surface area contributed by atoms with E-state index in [0.717, 1.165) is 5.56 Å². The van der Waals surface area contributed by atoms with Crippen molar-refractivity contribution in [3.8, 4) is 11.5 Å². The van der Waals surface area contributed by atoms with E-state index in [2.05, 4.69) is 4.98 Å². The molecule has 1 aliphatic heterocycles. The van der Waals surface area contributed by atoms with Gasteiger partial charge in [0.2, 0.25) is 5.78 Å². The molecule has 0 atom stereocenters. The Balaban J connectivity index is 1.85. The van der Waals surface area contributed by atoms with Gasteiger partial charge in [-0.15, -0.1) is 0 Å². The molecule has 116 valence electrons. The summed E-state index contributed by atoms with van der Waals surface area (Å²) >= 11 is 0. The van der Waals surface area contributed by atoms with E-state index in [1.54, 1.807) is 50.8 Å². The van der Waals surface area contributed by atoms with Crippen molar-refractivity contribution in [2.24, 2.45) is 0 Å². The van der Waals surface area contributed by atoms with Gasteiger partial charge in [0, 0.05) is 32.6 Å². The molecule has 23 heavy (non-hydrogen) atoms. The van der Waals surface area contributed by atoms with E-state index in [-0.39, 0.29) is 11.5 Å². The molecule has 0 N–H and O–H groups in total. The molecule has 0 spiro atoms. The fourth-order valence-electron chi connectivity index (χ4n) is 2.04. The molecule has 1 aromatic heterocycles. The highest BCUT2D eigenvalue weighted by Crippen LogP contribution is 2.34. The maximum atomic E-state index is 12.3. The molecule has 0 saturated heterocycles. The van der Waals surface area contributed by atoms with Crippen LogP contribution in [0.15, 0.2) is 48.5 Å². The molecule has 0 radical (unpaired) electrons. The zero-order valence-corrected chi connectivity index (χ0v) is 12.6. The number of allylic oxidation sites excluding steroid dienone is 1. The second-order valence-corrected chi connectivity index (χ2v) is 5.15. The van der Waals surface area contributed by atoms with Crippen LogP contribution in [0.4, 0.5) is 4.79 Å². The number of ketones is 1. The number of carbonyl (C=O) groups excluding carboxylic acids is 2. The van der Waals surface area contributed by atoms with Gasteiger partial charge in [-0.3, -0.25) is 9.78 Å². The van der Waals surface area contributed by atoms with Gasteiger partial charge in [0.05, 0.1) is 5.56 Å². The van der Waals surface area contributed by atoms with Crippen molar-refractivity contribution in [1.29, 1.82) is 0 Å². The minimum absolute atomic E-state index is 0.212. The molecule has 0 aliphatic carbocycles. The topological polar surface area (TPSA) is 68.7 Å². The lowest BCUT2D eigenvalue weighted by molar-refractivity contribution is 0.101. The van der Waals surface area contributed by atoms with Gasteiger partial charge in [0.25, 0.3) is 0 Å². The molecule has 0 unspecified atom stereocenters. The van der Waals surface area contributed by atoms with E-state index in [4.69, 9.17) is 9.47 Å². The van der Waals surface area contributed by atoms with Crippen molar-refractivity contribution in [2.45, 2.75) is 0 Å². The second-order valence-electron chi connectivity index (χ2n) is 5.15. The van der Waals surface area contributed by atoms with E-state index in [0.29, 0.717) is 17.1 Å². The summed E-state index contributed by atoms with van der Waals surface area (Å²) in [5.41, 5.74) is 1.20. The van der Waals surface area contributed by atoms with Crippen LogP contribution in [0.1, 0.15) is 15.9 Å². The third kappa shape index (κ3) is 3.06. The number of carbonyl (C=O) groups is 2. The molecule has 3 rings (SSSR count). The van der Waals surface area contributed by atoms with Crippen molar-refractivity contribution in [3.05, 3.63) is 59.6 Å². The summed E-state index contributed by atoms with van der Waals surface area (Å²) in [5.74, 6) is 0.686. The summed E-state index contributed by atoms with van der Waals surface area (Å²) in [4.78, 5) is 29.2. The first-order valence-electron chi connectivity index (χ1n) is 6.92. The highest BCUT2D eigenvalue weighted by atomic mass is 16.6. The third-order valence-corrected chi connectivity index (χ3v) is 3.19. The molecule has 1 amide bonds. The standard InChI is InChI=1S/C17H14N2O4/c1-19(2)17(21)22-12-5-6-13-14(9-12)23-15(16(13)20)8-11-4-3-7-18-10-11/h3-10H,1-2H3/b15-8-. The first kappa shape index (κ1) is 14.8. The van der Waals surface area contributed by atoms with Gasteiger partial charge in [-0.05, 0) is 29.8 Å². The predicted octanol–water partition coefficient (Wildman–Crippen LogP) is 2.76. The van der Waals surface area contributed by atoms with E-state index < -0.39 is 6.09 Å². The third-order valence-electron chi connectivity index (χ3n) is 3.19. The Hall–Kier alpha value is -3.15. The van der Waals surface area contributed by atoms with E-state index in [9.17, 15) is 9.59 Å². The SMILES string of the molecule is CN(C)C(=O)Oc1ccc2c(c1)O/C(=C\c1cccnc1)C2=O. The molecule has 6 heteroatoms. The summed E-state index contributed by atoms with van der Waals surface area (Å²) < 4.78 is 10.7. The number of rotatable bonds is 2. The largest absolute Gasteiger partial charge is 0.452 e. The van der Waals surface area contributed by atoms with Crippen LogP contribution >= 0.6 is 0 Å². The van der Waals surface area contributed by atoms with E-state index in [1.165, 1.54) is 11.0 Å². The van der Waals surface area contributed by atoms with Crippen molar-refractivity contribution in [2.75, 3.05) is 14.1 Å². The summed E-state index contributed by atoms with van der Waals surface area (Å²) in [6, 6.07) is 8.27. The van der Waals surface area contributed by atoms with Crippen molar-refractivity contribution < 1.29 is 19.1 Å². The molecule has 1 aromatic carbocycles. The second kappa shape index (κ2) is 5.92. The van der Waals surface area contributed by atoms with E-state index in [1.807, 2.05) is 6.07 Å². The number of ether oxygens (including phenoxy) is 2. The van der Waals surface area contributed by atoms with Crippen LogP contribution in [-0.2, 0) is 0 Å². The normalized spacial score (nSPS) is 14.3. The number of hydrogen-bond acceptors (Lipinski definition) is 5. The number of benzene rings is 1. The summed E-state index contributed by atoms with van der Waals surface area (Å²) in [6.07, 6.45) is 4.41. The first-order valence-corrected chi connectivity index (χ1v) is 6.92. The van der Waals surface area contributed by atoms with Crippen molar-refractivity contribution >= 4 is 18.0 Å². The van der Waals surface area contributed by atoms with Gasteiger partial charge < -0.3 is 14.4 Å². The fourth-order valence-corrected chi connectivity index (χ4v) is 2.04. The lowest BCUT2D eigenvalue weighted by atomic mass is 10.1. The maximum absolute atomic E-state index is 12.3. The van der Waals surface area contributed by atoms with Gasteiger partial charge in [-0.1, -0.05) is 6.07 Å².